The number of nitrogens with zero attached hydrogens (tertiary/aromatic N) is 1. The summed E-state index contributed by atoms with van der Waals surface area (Å²) in [6.07, 6.45) is 0.612. The van der Waals surface area contributed by atoms with E-state index in [4.69, 9.17) is 5.11 Å². The Labute approximate surface area is 98.5 Å². The monoisotopic (exact) mass is 231 g/mol. The highest BCUT2D eigenvalue weighted by Crippen LogP contribution is 2.28. The van der Waals surface area contributed by atoms with Crippen molar-refractivity contribution in [1.29, 1.82) is 0 Å². The van der Waals surface area contributed by atoms with Crippen LogP contribution in [0.2, 0.25) is 0 Å². The summed E-state index contributed by atoms with van der Waals surface area (Å²) in [4.78, 5) is 22.3. The molecular formula is C13H13NO3. The van der Waals surface area contributed by atoms with Gasteiger partial charge >= 0.3 is 5.97 Å². The van der Waals surface area contributed by atoms with Gasteiger partial charge in [-0.3, -0.25) is 4.79 Å². The average Bonchev–Trinajstić information content (AvgIpc) is 2.57. The van der Waals surface area contributed by atoms with Crippen molar-refractivity contribution in [1.82, 2.24) is 4.57 Å². The summed E-state index contributed by atoms with van der Waals surface area (Å²) < 4.78 is 1.57. The number of carbonyl (C=O) groups is 2. The van der Waals surface area contributed by atoms with Gasteiger partial charge in [0.1, 0.15) is 5.69 Å². The number of hydrogen-bond donors (Lipinski definition) is 1. The minimum absolute atomic E-state index is 0.0451. The van der Waals surface area contributed by atoms with Crippen molar-refractivity contribution < 1.29 is 14.7 Å². The van der Waals surface area contributed by atoms with Gasteiger partial charge in [0.25, 0.3) is 0 Å². The van der Waals surface area contributed by atoms with Gasteiger partial charge in [0.2, 0.25) is 0 Å². The fourth-order valence-electron chi connectivity index (χ4n) is 2.25. The van der Waals surface area contributed by atoms with Gasteiger partial charge in [-0.25, -0.2) is 4.79 Å². The number of benzene rings is 1. The Morgan fingerprint density at radius 3 is 2.53 bits per heavy atom. The van der Waals surface area contributed by atoms with E-state index in [1.165, 1.54) is 0 Å². The van der Waals surface area contributed by atoms with E-state index in [-0.39, 0.29) is 11.3 Å². The zero-order valence-electron chi connectivity index (χ0n) is 9.94. The van der Waals surface area contributed by atoms with Crippen LogP contribution in [0, 0.1) is 13.8 Å². The number of carboxylic acids is 1. The number of carbonyl (C=O) groups excluding carboxylic acids is 1. The third kappa shape index (κ3) is 1.45. The smallest absolute Gasteiger partial charge is 0.353 e. The van der Waals surface area contributed by atoms with E-state index in [1.54, 1.807) is 17.7 Å². The molecule has 2 aromatic rings. The molecule has 0 unspecified atom stereocenters. The highest BCUT2D eigenvalue weighted by Gasteiger charge is 2.21. The molecule has 2 rings (SSSR count). The fraction of sp³-hybridized carbons (Fsp3) is 0.231. The zero-order valence-corrected chi connectivity index (χ0v) is 9.94. The summed E-state index contributed by atoms with van der Waals surface area (Å²) in [5.74, 6) is -1.08. The van der Waals surface area contributed by atoms with E-state index in [1.807, 2.05) is 19.9 Å². The Hall–Kier alpha value is -2.10. The van der Waals surface area contributed by atoms with E-state index in [0.29, 0.717) is 11.7 Å². The molecule has 0 spiro atoms. The summed E-state index contributed by atoms with van der Waals surface area (Å²) >= 11 is 0. The number of aldehydes is 1. The van der Waals surface area contributed by atoms with Crippen LogP contribution < -0.4 is 0 Å². The molecular weight excluding hydrogens is 218 g/mol. The predicted molar refractivity (Wildman–Crippen MR) is 64.7 cm³/mol. The highest BCUT2D eigenvalue weighted by atomic mass is 16.4. The quantitative estimate of drug-likeness (QED) is 0.807. The van der Waals surface area contributed by atoms with Crippen LogP contribution in [0.15, 0.2) is 12.1 Å². The number of fused-ring (bicyclic) bond motifs is 1. The lowest BCUT2D eigenvalue weighted by atomic mass is 10.0. The molecule has 1 aromatic carbocycles. The number of aryl methyl sites for hydroxylation is 3. The van der Waals surface area contributed by atoms with Crippen molar-refractivity contribution in [2.24, 2.45) is 7.05 Å². The van der Waals surface area contributed by atoms with Crippen LogP contribution in [0.1, 0.15) is 32.0 Å². The molecule has 0 atom stereocenters. The van der Waals surface area contributed by atoms with Crippen molar-refractivity contribution >= 4 is 23.2 Å². The SMILES string of the molecule is Cc1ccc2c(C=O)c(C(=O)O)n(C)c2c1C. The third-order valence-electron chi connectivity index (χ3n) is 3.24. The first-order valence-corrected chi connectivity index (χ1v) is 5.26. The summed E-state index contributed by atoms with van der Waals surface area (Å²) in [5, 5.41) is 9.86. The second-order valence-electron chi connectivity index (χ2n) is 4.15. The Kier molecular flexibility index (Phi) is 2.50. The molecule has 0 amide bonds. The van der Waals surface area contributed by atoms with Gasteiger partial charge in [0.05, 0.1) is 11.1 Å². The van der Waals surface area contributed by atoms with E-state index in [2.05, 4.69) is 0 Å². The van der Waals surface area contributed by atoms with Crippen molar-refractivity contribution in [3.8, 4) is 0 Å². The number of aromatic nitrogens is 1. The summed E-state index contributed by atoms with van der Waals surface area (Å²) in [6.45, 7) is 3.89. The van der Waals surface area contributed by atoms with Crippen LogP contribution in [0.5, 0.6) is 0 Å². The summed E-state index contributed by atoms with van der Waals surface area (Å²) in [5.41, 5.74) is 3.18. The molecule has 1 aromatic heterocycles. The lowest BCUT2D eigenvalue weighted by Gasteiger charge is -2.05. The Balaban J connectivity index is 3.04. The molecule has 0 fully saturated rings. The van der Waals surface area contributed by atoms with E-state index in [9.17, 15) is 9.59 Å². The van der Waals surface area contributed by atoms with Crippen LogP contribution >= 0.6 is 0 Å². The lowest BCUT2D eigenvalue weighted by Crippen LogP contribution is -2.07. The maximum absolute atomic E-state index is 11.2. The minimum Gasteiger partial charge on any atom is -0.477 e. The molecule has 88 valence electrons. The number of rotatable bonds is 2. The second-order valence-corrected chi connectivity index (χ2v) is 4.15. The normalized spacial score (nSPS) is 10.8. The molecule has 0 saturated carbocycles. The van der Waals surface area contributed by atoms with Crippen LogP contribution in [0.3, 0.4) is 0 Å². The van der Waals surface area contributed by atoms with Gasteiger partial charge in [-0.15, -0.1) is 0 Å². The molecule has 0 aliphatic carbocycles. The van der Waals surface area contributed by atoms with E-state index in [0.717, 1.165) is 16.6 Å². The predicted octanol–water partition coefficient (Wildman–Crippen LogP) is 2.31. The summed E-state index contributed by atoms with van der Waals surface area (Å²) in [6, 6.07) is 3.70. The molecule has 17 heavy (non-hydrogen) atoms. The maximum Gasteiger partial charge on any atom is 0.353 e. The molecule has 1 heterocycles. The second kappa shape index (κ2) is 3.73. The van der Waals surface area contributed by atoms with Crippen LogP contribution in [0.25, 0.3) is 10.9 Å². The van der Waals surface area contributed by atoms with Crippen LogP contribution in [-0.4, -0.2) is 21.9 Å². The first-order chi connectivity index (χ1) is 7.99. The Morgan fingerprint density at radius 1 is 1.35 bits per heavy atom. The van der Waals surface area contributed by atoms with E-state index >= 15 is 0 Å². The number of aromatic carboxylic acids is 1. The number of hydrogen-bond acceptors (Lipinski definition) is 2. The summed E-state index contributed by atoms with van der Waals surface area (Å²) in [7, 11) is 1.67. The topological polar surface area (TPSA) is 59.3 Å². The molecule has 0 saturated heterocycles. The van der Waals surface area contributed by atoms with Gasteiger partial charge in [-0.1, -0.05) is 12.1 Å². The molecule has 0 aliphatic heterocycles. The Morgan fingerprint density at radius 2 is 2.00 bits per heavy atom. The minimum atomic E-state index is -1.08. The maximum atomic E-state index is 11.2. The molecule has 1 N–H and O–H groups in total. The van der Waals surface area contributed by atoms with Crippen LogP contribution in [0.4, 0.5) is 0 Å². The zero-order chi connectivity index (χ0) is 12.7. The molecule has 0 radical (unpaired) electrons. The first-order valence-electron chi connectivity index (χ1n) is 5.26. The largest absolute Gasteiger partial charge is 0.477 e. The molecule has 0 aliphatic rings. The lowest BCUT2D eigenvalue weighted by molar-refractivity contribution is 0.0684. The average molecular weight is 231 g/mol. The van der Waals surface area contributed by atoms with Gasteiger partial charge in [-0.2, -0.15) is 0 Å². The van der Waals surface area contributed by atoms with Gasteiger partial charge in [0, 0.05) is 12.4 Å². The van der Waals surface area contributed by atoms with Crippen molar-refractivity contribution in [3.63, 3.8) is 0 Å². The first kappa shape index (κ1) is 11.4. The van der Waals surface area contributed by atoms with Gasteiger partial charge in [-0.05, 0) is 25.0 Å². The van der Waals surface area contributed by atoms with Crippen molar-refractivity contribution in [2.45, 2.75) is 13.8 Å². The fourth-order valence-corrected chi connectivity index (χ4v) is 2.25. The third-order valence-corrected chi connectivity index (χ3v) is 3.24. The van der Waals surface area contributed by atoms with Crippen LogP contribution in [-0.2, 0) is 7.05 Å². The molecule has 0 bridgehead atoms. The number of carboxylic acid groups (broad SMARTS) is 1. The Bertz CT molecular complexity index is 638. The van der Waals surface area contributed by atoms with Crippen molar-refractivity contribution in [2.75, 3.05) is 0 Å². The molecule has 4 nitrogen and oxygen atoms in total. The standard InChI is InChI=1S/C13H13NO3/c1-7-4-5-9-10(6-15)12(13(16)17)14(3)11(9)8(7)2/h4-6H,1-3H3,(H,16,17). The van der Waals surface area contributed by atoms with Gasteiger partial charge in [0.15, 0.2) is 6.29 Å². The highest BCUT2D eigenvalue weighted by molar-refractivity contribution is 6.09. The van der Waals surface area contributed by atoms with E-state index < -0.39 is 5.97 Å². The van der Waals surface area contributed by atoms with Crippen molar-refractivity contribution in [3.05, 3.63) is 34.5 Å². The van der Waals surface area contributed by atoms with Gasteiger partial charge < -0.3 is 9.67 Å². The molecule has 4 heteroatoms.